The minimum absolute atomic E-state index is 0.110. The summed E-state index contributed by atoms with van der Waals surface area (Å²) in [6.45, 7) is 2.54. The van der Waals surface area contributed by atoms with Crippen molar-refractivity contribution in [1.29, 1.82) is 0 Å². The summed E-state index contributed by atoms with van der Waals surface area (Å²) in [5.74, 6) is -0.110. The molecule has 2 aromatic rings. The SMILES string of the molecule is Cc1cnc(C(=O)N2CCCc3cc(Cl)ccc32)cn1. The van der Waals surface area contributed by atoms with Gasteiger partial charge < -0.3 is 4.90 Å². The summed E-state index contributed by atoms with van der Waals surface area (Å²) in [6.07, 6.45) is 5.01. The Morgan fingerprint density at radius 3 is 2.90 bits per heavy atom. The van der Waals surface area contributed by atoms with Crippen molar-refractivity contribution < 1.29 is 4.79 Å². The van der Waals surface area contributed by atoms with Crippen molar-refractivity contribution in [1.82, 2.24) is 9.97 Å². The lowest BCUT2D eigenvalue weighted by Crippen LogP contribution is -2.36. The molecule has 3 rings (SSSR count). The van der Waals surface area contributed by atoms with Gasteiger partial charge in [0.15, 0.2) is 0 Å². The average molecular weight is 288 g/mol. The molecule has 1 aliphatic rings. The van der Waals surface area contributed by atoms with Crippen molar-refractivity contribution in [3.63, 3.8) is 0 Å². The normalized spacial score (nSPS) is 14.0. The Balaban J connectivity index is 1.96. The second-order valence-corrected chi connectivity index (χ2v) is 5.31. The molecule has 0 atom stereocenters. The van der Waals surface area contributed by atoms with Crippen molar-refractivity contribution in [2.45, 2.75) is 19.8 Å². The van der Waals surface area contributed by atoms with Crippen LogP contribution in [0, 0.1) is 6.92 Å². The second kappa shape index (κ2) is 5.21. The first-order valence-corrected chi connectivity index (χ1v) is 6.92. The summed E-state index contributed by atoms with van der Waals surface area (Å²) < 4.78 is 0. The third-order valence-electron chi connectivity index (χ3n) is 3.41. The Morgan fingerprint density at radius 1 is 1.30 bits per heavy atom. The van der Waals surface area contributed by atoms with E-state index in [9.17, 15) is 4.79 Å². The maximum atomic E-state index is 12.5. The molecule has 1 aromatic carbocycles. The van der Waals surface area contributed by atoms with Crippen LogP contribution in [0.4, 0.5) is 5.69 Å². The van der Waals surface area contributed by atoms with E-state index in [-0.39, 0.29) is 5.91 Å². The van der Waals surface area contributed by atoms with Crippen LogP contribution in [0.25, 0.3) is 0 Å². The third-order valence-corrected chi connectivity index (χ3v) is 3.64. The lowest BCUT2D eigenvalue weighted by Gasteiger charge is -2.29. The molecular weight excluding hydrogens is 274 g/mol. The number of aryl methyl sites for hydroxylation is 2. The molecule has 0 bridgehead atoms. The van der Waals surface area contributed by atoms with Crippen molar-refractivity contribution in [2.75, 3.05) is 11.4 Å². The largest absolute Gasteiger partial charge is 0.307 e. The van der Waals surface area contributed by atoms with Crippen LogP contribution in [0.2, 0.25) is 5.02 Å². The minimum Gasteiger partial charge on any atom is -0.307 e. The fourth-order valence-electron chi connectivity index (χ4n) is 2.42. The summed E-state index contributed by atoms with van der Waals surface area (Å²) in [7, 11) is 0. The van der Waals surface area contributed by atoms with E-state index in [2.05, 4.69) is 9.97 Å². The van der Waals surface area contributed by atoms with Gasteiger partial charge in [0.05, 0.1) is 11.9 Å². The van der Waals surface area contributed by atoms with Gasteiger partial charge in [0.1, 0.15) is 5.69 Å². The van der Waals surface area contributed by atoms with E-state index >= 15 is 0 Å². The zero-order chi connectivity index (χ0) is 14.1. The van der Waals surface area contributed by atoms with Crippen LogP contribution in [0.1, 0.15) is 28.2 Å². The minimum atomic E-state index is -0.110. The molecule has 0 fully saturated rings. The highest BCUT2D eigenvalue weighted by Crippen LogP contribution is 2.30. The molecule has 0 N–H and O–H groups in total. The highest BCUT2D eigenvalue weighted by Gasteiger charge is 2.24. The molecule has 1 aromatic heterocycles. The molecule has 4 nitrogen and oxygen atoms in total. The summed E-state index contributed by atoms with van der Waals surface area (Å²) in [6, 6.07) is 5.64. The summed E-state index contributed by atoms with van der Waals surface area (Å²) in [4.78, 5) is 22.6. The Kier molecular flexibility index (Phi) is 3.40. The fraction of sp³-hybridized carbons (Fsp3) is 0.267. The molecule has 20 heavy (non-hydrogen) atoms. The fourth-order valence-corrected chi connectivity index (χ4v) is 2.61. The van der Waals surface area contributed by atoms with Crippen LogP contribution in [0.5, 0.6) is 0 Å². The molecule has 0 unspecified atom stereocenters. The number of carbonyl (C=O) groups is 1. The average Bonchev–Trinajstić information content (AvgIpc) is 2.46. The van der Waals surface area contributed by atoms with E-state index in [4.69, 9.17) is 11.6 Å². The van der Waals surface area contributed by atoms with Crippen LogP contribution in [0.3, 0.4) is 0 Å². The Hall–Kier alpha value is -1.94. The molecule has 0 radical (unpaired) electrons. The number of anilines is 1. The number of carbonyl (C=O) groups excluding carboxylic acids is 1. The lowest BCUT2D eigenvalue weighted by molar-refractivity contribution is 0.0980. The van der Waals surface area contributed by atoms with Gasteiger partial charge in [0.2, 0.25) is 0 Å². The molecule has 2 heterocycles. The van der Waals surface area contributed by atoms with Gasteiger partial charge in [-0.1, -0.05) is 11.6 Å². The van der Waals surface area contributed by atoms with Crippen molar-refractivity contribution >= 4 is 23.2 Å². The molecule has 5 heteroatoms. The van der Waals surface area contributed by atoms with E-state index in [1.165, 1.54) is 6.20 Å². The highest BCUT2D eigenvalue weighted by molar-refractivity contribution is 6.30. The van der Waals surface area contributed by atoms with Crippen molar-refractivity contribution in [2.24, 2.45) is 0 Å². The monoisotopic (exact) mass is 287 g/mol. The molecule has 0 saturated carbocycles. The van der Waals surface area contributed by atoms with Crippen molar-refractivity contribution in [3.05, 3.63) is 52.6 Å². The zero-order valence-electron chi connectivity index (χ0n) is 11.1. The number of aromatic nitrogens is 2. The Labute approximate surface area is 122 Å². The predicted molar refractivity (Wildman–Crippen MR) is 78.2 cm³/mol. The van der Waals surface area contributed by atoms with Gasteiger partial charge in [-0.2, -0.15) is 0 Å². The Bertz CT molecular complexity index is 655. The topological polar surface area (TPSA) is 46.1 Å². The van der Waals surface area contributed by atoms with Crippen LogP contribution in [-0.2, 0) is 6.42 Å². The van der Waals surface area contributed by atoms with Gasteiger partial charge in [-0.25, -0.2) is 4.98 Å². The highest BCUT2D eigenvalue weighted by atomic mass is 35.5. The van der Waals surface area contributed by atoms with E-state index < -0.39 is 0 Å². The first kappa shape index (κ1) is 13.1. The molecule has 1 amide bonds. The smallest absolute Gasteiger partial charge is 0.278 e. The van der Waals surface area contributed by atoms with Gasteiger partial charge in [-0.15, -0.1) is 0 Å². The molecule has 1 aliphatic heterocycles. The number of hydrogen-bond acceptors (Lipinski definition) is 3. The zero-order valence-corrected chi connectivity index (χ0v) is 11.9. The van der Waals surface area contributed by atoms with E-state index in [0.29, 0.717) is 17.3 Å². The third kappa shape index (κ3) is 2.39. The van der Waals surface area contributed by atoms with Crippen LogP contribution in [0.15, 0.2) is 30.6 Å². The number of halogens is 1. The summed E-state index contributed by atoms with van der Waals surface area (Å²) in [5.41, 5.74) is 3.20. The standard InChI is InChI=1S/C15H14ClN3O/c1-10-8-18-13(9-17-10)15(20)19-6-2-3-11-7-12(16)4-5-14(11)19/h4-5,7-9H,2-3,6H2,1H3. The van der Waals surface area contributed by atoms with Crippen LogP contribution in [-0.4, -0.2) is 22.4 Å². The van der Waals surface area contributed by atoms with Crippen LogP contribution < -0.4 is 4.90 Å². The molecule has 0 spiro atoms. The number of nitrogens with zero attached hydrogens (tertiary/aromatic N) is 3. The van der Waals surface area contributed by atoms with Gasteiger partial charge in [-0.3, -0.25) is 9.78 Å². The maximum absolute atomic E-state index is 12.5. The van der Waals surface area contributed by atoms with Gasteiger partial charge in [0.25, 0.3) is 5.91 Å². The summed E-state index contributed by atoms with van der Waals surface area (Å²) >= 11 is 6.01. The molecule has 102 valence electrons. The number of amides is 1. The number of benzene rings is 1. The van der Waals surface area contributed by atoms with Gasteiger partial charge in [-0.05, 0) is 43.5 Å². The number of rotatable bonds is 1. The van der Waals surface area contributed by atoms with E-state index in [0.717, 1.165) is 29.8 Å². The van der Waals surface area contributed by atoms with Crippen molar-refractivity contribution in [3.8, 4) is 0 Å². The van der Waals surface area contributed by atoms with E-state index in [1.54, 1.807) is 11.1 Å². The lowest BCUT2D eigenvalue weighted by atomic mass is 10.0. The Morgan fingerprint density at radius 2 is 2.15 bits per heavy atom. The first-order chi connectivity index (χ1) is 9.65. The molecule has 0 saturated heterocycles. The van der Waals surface area contributed by atoms with Crippen LogP contribution >= 0.6 is 11.6 Å². The summed E-state index contributed by atoms with van der Waals surface area (Å²) in [5, 5.41) is 0.702. The first-order valence-electron chi connectivity index (χ1n) is 6.54. The molecular formula is C15H14ClN3O. The quantitative estimate of drug-likeness (QED) is 0.810. The maximum Gasteiger partial charge on any atom is 0.278 e. The number of fused-ring (bicyclic) bond motifs is 1. The van der Waals surface area contributed by atoms with E-state index in [1.807, 2.05) is 25.1 Å². The second-order valence-electron chi connectivity index (χ2n) is 4.88. The predicted octanol–water partition coefficient (Wildman–Crippen LogP) is 3.03. The van der Waals surface area contributed by atoms with Gasteiger partial charge in [0, 0.05) is 23.5 Å². The van der Waals surface area contributed by atoms with Gasteiger partial charge >= 0.3 is 0 Å². The molecule has 0 aliphatic carbocycles. The number of hydrogen-bond donors (Lipinski definition) is 0.